The van der Waals surface area contributed by atoms with Crippen LogP contribution in [0.25, 0.3) is 0 Å². The number of amides is 1. The van der Waals surface area contributed by atoms with Gasteiger partial charge in [0.2, 0.25) is 5.91 Å². The molecule has 1 aliphatic heterocycles. The van der Waals surface area contributed by atoms with Gasteiger partial charge in [-0.15, -0.1) is 12.3 Å². The van der Waals surface area contributed by atoms with Crippen molar-refractivity contribution in [3.05, 3.63) is 28.8 Å². The van der Waals surface area contributed by atoms with Gasteiger partial charge in [-0.3, -0.25) is 4.79 Å². The first-order chi connectivity index (χ1) is 7.61. The third-order valence-corrected chi connectivity index (χ3v) is 3.24. The van der Waals surface area contributed by atoms with Crippen molar-refractivity contribution in [1.82, 2.24) is 0 Å². The maximum atomic E-state index is 11.7. The summed E-state index contributed by atoms with van der Waals surface area (Å²) >= 11 is 6.03. The molecule has 0 bridgehead atoms. The topological polar surface area (TPSA) is 20.3 Å². The van der Waals surface area contributed by atoms with E-state index in [0.717, 1.165) is 11.3 Å². The van der Waals surface area contributed by atoms with Gasteiger partial charge in [-0.2, -0.15) is 0 Å². The predicted octanol–water partition coefficient (Wildman–Crippen LogP) is 2.63. The zero-order valence-corrected chi connectivity index (χ0v) is 9.79. The highest BCUT2D eigenvalue weighted by molar-refractivity contribution is 6.31. The second-order valence-electron chi connectivity index (χ2n) is 4.01. The molecule has 0 N–H and O–H groups in total. The number of hydrogen-bond donors (Lipinski definition) is 0. The fourth-order valence-corrected chi connectivity index (χ4v) is 1.99. The molecule has 1 aromatic rings. The molecule has 1 fully saturated rings. The number of hydrogen-bond acceptors (Lipinski definition) is 1. The van der Waals surface area contributed by atoms with Gasteiger partial charge in [0.1, 0.15) is 0 Å². The number of anilines is 1. The second-order valence-corrected chi connectivity index (χ2v) is 4.41. The average molecular weight is 234 g/mol. The summed E-state index contributed by atoms with van der Waals surface area (Å²) in [5.74, 6) is 2.72. The lowest BCUT2D eigenvalue weighted by Crippen LogP contribution is -2.24. The Balaban J connectivity index is 2.29. The SMILES string of the molecule is C#CC1CC(=O)N(c2ccc(C)c(Cl)c2)C1. The third-order valence-electron chi connectivity index (χ3n) is 2.83. The number of aryl methyl sites for hydroxylation is 1. The first-order valence-corrected chi connectivity index (χ1v) is 5.52. The monoisotopic (exact) mass is 233 g/mol. The van der Waals surface area contributed by atoms with Crippen LogP contribution in [0.1, 0.15) is 12.0 Å². The van der Waals surface area contributed by atoms with E-state index in [9.17, 15) is 4.79 Å². The molecule has 0 aromatic heterocycles. The Hall–Kier alpha value is -1.46. The molecule has 1 aromatic carbocycles. The Morgan fingerprint density at radius 1 is 1.56 bits per heavy atom. The number of terminal acetylenes is 1. The normalized spacial score (nSPS) is 19.9. The summed E-state index contributed by atoms with van der Waals surface area (Å²) in [6, 6.07) is 5.62. The van der Waals surface area contributed by atoms with E-state index in [0.29, 0.717) is 18.0 Å². The Morgan fingerprint density at radius 3 is 2.88 bits per heavy atom. The third kappa shape index (κ3) is 1.91. The van der Waals surface area contributed by atoms with E-state index in [-0.39, 0.29) is 11.8 Å². The molecule has 2 rings (SSSR count). The van der Waals surface area contributed by atoms with Gasteiger partial charge in [-0.25, -0.2) is 0 Å². The van der Waals surface area contributed by atoms with Crippen LogP contribution in [0.4, 0.5) is 5.69 Å². The molecule has 1 aliphatic rings. The van der Waals surface area contributed by atoms with Crippen LogP contribution in [0.5, 0.6) is 0 Å². The smallest absolute Gasteiger partial charge is 0.228 e. The van der Waals surface area contributed by atoms with Crippen molar-refractivity contribution >= 4 is 23.2 Å². The molecule has 2 nitrogen and oxygen atoms in total. The molecule has 16 heavy (non-hydrogen) atoms. The van der Waals surface area contributed by atoms with Crippen LogP contribution in [0, 0.1) is 25.2 Å². The van der Waals surface area contributed by atoms with Crippen molar-refractivity contribution in [1.29, 1.82) is 0 Å². The second kappa shape index (κ2) is 4.19. The lowest BCUT2D eigenvalue weighted by atomic mass is 10.1. The molecule has 1 saturated heterocycles. The molecule has 0 saturated carbocycles. The van der Waals surface area contributed by atoms with Crippen molar-refractivity contribution in [2.24, 2.45) is 5.92 Å². The van der Waals surface area contributed by atoms with Gasteiger partial charge in [0.25, 0.3) is 0 Å². The molecule has 3 heteroatoms. The van der Waals surface area contributed by atoms with Crippen molar-refractivity contribution in [3.63, 3.8) is 0 Å². The summed E-state index contributed by atoms with van der Waals surface area (Å²) in [6.07, 6.45) is 5.77. The fourth-order valence-electron chi connectivity index (χ4n) is 1.82. The number of carbonyl (C=O) groups is 1. The van der Waals surface area contributed by atoms with Crippen molar-refractivity contribution in [3.8, 4) is 12.3 Å². The van der Waals surface area contributed by atoms with Crippen LogP contribution < -0.4 is 4.90 Å². The Bertz CT molecular complexity index is 475. The van der Waals surface area contributed by atoms with Gasteiger partial charge in [0.15, 0.2) is 0 Å². The molecule has 82 valence electrons. The molecule has 1 atom stereocenters. The van der Waals surface area contributed by atoms with Gasteiger partial charge in [-0.1, -0.05) is 17.7 Å². The minimum absolute atomic E-state index is 0.0209. The van der Waals surface area contributed by atoms with Gasteiger partial charge in [0, 0.05) is 29.6 Å². The van der Waals surface area contributed by atoms with E-state index in [2.05, 4.69) is 5.92 Å². The molecule has 0 aliphatic carbocycles. The minimum atomic E-state index is 0.0209. The van der Waals surface area contributed by atoms with Crippen molar-refractivity contribution in [2.45, 2.75) is 13.3 Å². The lowest BCUT2D eigenvalue weighted by Gasteiger charge is -2.16. The van der Waals surface area contributed by atoms with E-state index >= 15 is 0 Å². The molecular weight excluding hydrogens is 222 g/mol. The van der Waals surface area contributed by atoms with E-state index in [4.69, 9.17) is 18.0 Å². The van der Waals surface area contributed by atoms with Crippen molar-refractivity contribution in [2.75, 3.05) is 11.4 Å². The zero-order valence-electron chi connectivity index (χ0n) is 9.03. The van der Waals surface area contributed by atoms with Crippen LogP contribution in [-0.2, 0) is 4.79 Å². The molecule has 1 amide bonds. The zero-order chi connectivity index (χ0) is 11.7. The number of nitrogens with zero attached hydrogens (tertiary/aromatic N) is 1. The maximum Gasteiger partial charge on any atom is 0.228 e. The number of carbonyl (C=O) groups excluding carboxylic acids is 1. The molecule has 0 radical (unpaired) electrons. The number of benzene rings is 1. The van der Waals surface area contributed by atoms with E-state index < -0.39 is 0 Å². The minimum Gasteiger partial charge on any atom is -0.311 e. The summed E-state index contributed by atoms with van der Waals surface area (Å²) in [6.45, 7) is 2.52. The highest BCUT2D eigenvalue weighted by Crippen LogP contribution is 2.28. The molecule has 0 spiro atoms. The summed E-state index contributed by atoms with van der Waals surface area (Å²) in [4.78, 5) is 13.4. The quantitative estimate of drug-likeness (QED) is 0.683. The van der Waals surface area contributed by atoms with Crippen molar-refractivity contribution < 1.29 is 4.79 Å². The van der Waals surface area contributed by atoms with E-state index in [1.165, 1.54) is 0 Å². The Labute approximate surface area is 100 Å². The first-order valence-electron chi connectivity index (χ1n) is 5.14. The van der Waals surface area contributed by atoms with Crippen LogP contribution in [0.2, 0.25) is 5.02 Å². The van der Waals surface area contributed by atoms with Gasteiger partial charge in [-0.05, 0) is 24.6 Å². The summed E-state index contributed by atoms with van der Waals surface area (Å²) in [5, 5.41) is 0.675. The van der Waals surface area contributed by atoms with Crippen LogP contribution in [0.3, 0.4) is 0 Å². The van der Waals surface area contributed by atoms with Gasteiger partial charge in [0.05, 0.1) is 0 Å². The standard InChI is InChI=1S/C13H12ClNO/c1-3-10-6-13(16)15(8-10)11-5-4-9(2)12(14)7-11/h1,4-5,7,10H,6,8H2,2H3. The molecular formula is C13H12ClNO. The van der Waals surface area contributed by atoms with Crippen LogP contribution in [-0.4, -0.2) is 12.5 Å². The summed E-state index contributed by atoms with van der Waals surface area (Å²) in [7, 11) is 0. The van der Waals surface area contributed by atoms with E-state index in [1.807, 2.05) is 25.1 Å². The summed E-state index contributed by atoms with van der Waals surface area (Å²) in [5.41, 5.74) is 1.84. The first kappa shape index (κ1) is 11.0. The summed E-state index contributed by atoms with van der Waals surface area (Å²) < 4.78 is 0. The highest BCUT2D eigenvalue weighted by Gasteiger charge is 2.29. The molecule has 1 unspecified atom stereocenters. The van der Waals surface area contributed by atoms with Crippen LogP contribution in [0.15, 0.2) is 18.2 Å². The van der Waals surface area contributed by atoms with Gasteiger partial charge >= 0.3 is 0 Å². The lowest BCUT2D eigenvalue weighted by molar-refractivity contribution is -0.117. The van der Waals surface area contributed by atoms with E-state index in [1.54, 1.807) is 4.90 Å². The average Bonchev–Trinajstić information content (AvgIpc) is 2.64. The maximum absolute atomic E-state index is 11.7. The number of halogens is 1. The fraction of sp³-hybridized carbons (Fsp3) is 0.308. The largest absolute Gasteiger partial charge is 0.311 e. The molecule has 1 heterocycles. The number of rotatable bonds is 1. The van der Waals surface area contributed by atoms with Gasteiger partial charge < -0.3 is 4.90 Å². The highest BCUT2D eigenvalue weighted by atomic mass is 35.5. The Kier molecular flexibility index (Phi) is 2.89. The Morgan fingerprint density at radius 2 is 2.31 bits per heavy atom. The predicted molar refractivity (Wildman–Crippen MR) is 65.5 cm³/mol. The van der Waals surface area contributed by atoms with Crippen LogP contribution >= 0.6 is 11.6 Å².